The number of esters is 1. The van der Waals surface area contributed by atoms with Crippen LogP contribution in [0.15, 0.2) is 78.9 Å². The van der Waals surface area contributed by atoms with Gasteiger partial charge in [0.05, 0.1) is 11.7 Å². The summed E-state index contributed by atoms with van der Waals surface area (Å²) in [6.07, 6.45) is 0.0590. The van der Waals surface area contributed by atoms with Crippen molar-refractivity contribution in [2.45, 2.75) is 20.0 Å². The lowest BCUT2D eigenvalue weighted by atomic mass is 10.0. The standard InChI is InChI=1S/C24H22O4/c1-17(2)28-22-14-12-21(13-15-22)24(26)27-16-23(25)20-10-8-19(9-11-20)18-6-4-3-5-7-18/h3-15,17H,16H2,1-2H3. The molecule has 0 fully saturated rings. The highest BCUT2D eigenvalue weighted by atomic mass is 16.5. The molecule has 28 heavy (non-hydrogen) atoms. The summed E-state index contributed by atoms with van der Waals surface area (Å²) < 4.78 is 10.7. The van der Waals surface area contributed by atoms with E-state index in [0.717, 1.165) is 11.1 Å². The van der Waals surface area contributed by atoms with Crippen LogP contribution in [0.5, 0.6) is 5.75 Å². The van der Waals surface area contributed by atoms with Gasteiger partial charge in [-0.05, 0) is 49.2 Å². The molecule has 3 aromatic rings. The van der Waals surface area contributed by atoms with Crippen LogP contribution in [-0.2, 0) is 4.74 Å². The van der Waals surface area contributed by atoms with Crippen molar-refractivity contribution in [3.05, 3.63) is 90.0 Å². The molecule has 0 radical (unpaired) electrons. The van der Waals surface area contributed by atoms with E-state index in [4.69, 9.17) is 9.47 Å². The zero-order valence-electron chi connectivity index (χ0n) is 15.9. The largest absolute Gasteiger partial charge is 0.491 e. The van der Waals surface area contributed by atoms with Crippen molar-refractivity contribution in [3.8, 4) is 16.9 Å². The molecule has 4 heteroatoms. The third-order valence-electron chi connectivity index (χ3n) is 4.11. The summed E-state index contributed by atoms with van der Waals surface area (Å²) in [6, 6.07) is 23.8. The van der Waals surface area contributed by atoms with Crippen LogP contribution in [0.4, 0.5) is 0 Å². The van der Waals surface area contributed by atoms with Gasteiger partial charge in [0.25, 0.3) is 0 Å². The molecule has 0 aliphatic rings. The number of hydrogen-bond donors (Lipinski definition) is 0. The van der Waals surface area contributed by atoms with Gasteiger partial charge in [-0.2, -0.15) is 0 Å². The van der Waals surface area contributed by atoms with Gasteiger partial charge < -0.3 is 9.47 Å². The van der Waals surface area contributed by atoms with E-state index >= 15 is 0 Å². The van der Waals surface area contributed by atoms with Crippen LogP contribution in [0.1, 0.15) is 34.6 Å². The molecule has 0 aromatic heterocycles. The van der Waals surface area contributed by atoms with Gasteiger partial charge in [-0.1, -0.05) is 54.6 Å². The molecule has 0 spiro atoms. The number of ether oxygens (including phenoxy) is 2. The van der Waals surface area contributed by atoms with E-state index < -0.39 is 5.97 Å². The van der Waals surface area contributed by atoms with E-state index in [2.05, 4.69) is 0 Å². The average Bonchev–Trinajstić information content (AvgIpc) is 2.72. The van der Waals surface area contributed by atoms with Gasteiger partial charge >= 0.3 is 5.97 Å². The van der Waals surface area contributed by atoms with Gasteiger partial charge in [-0.15, -0.1) is 0 Å². The SMILES string of the molecule is CC(C)Oc1ccc(C(=O)OCC(=O)c2ccc(-c3ccccc3)cc2)cc1. The molecule has 0 aliphatic heterocycles. The van der Waals surface area contributed by atoms with Gasteiger partial charge in [-0.25, -0.2) is 4.79 Å². The molecule has 0 unspecified atom stereocenters. The van der Waals surface area contributed by atoms with E-state index in [9.17, 15) is 9.59 Å². The first-order valence-corrected chi connectivity index (χ1v) is 9.15. The number of carbonyl (C=O) groups excluding carboxylic acids is 2. The Morgan fingerprint density at radius 2 is 1.32 bits per heavy atom. The molecule has 0 atom stereocenters. The highest BCUT2D eigenvalue weighted by Gasteiger charge is 2.12. The molecule has 142 valence electrons. The van der Waals surface area contributed by atoms with E-state index in [0.29, 0.717) is 16.9 Å². The minimum Gasteiger partial charge on any atom is -0.491 e. The van der Waals surface area contributed by atoms with E-state index in [1.165, 1.54) is 0 Å². The predicted molar refractivity (Wildman–Crippen MR) is 109 cm³/mol. The monoisotopic (exact) mass is 374 g/mol. The summed E-state index contributed by atoms with van der Waals surface area (Å²) in [5.41, 5.74) is 2.99. The second-order valence-electron chi connectivity index (χ2n) is 6.63. The van der Waals surface area contributed by atoms with E-state index in [1.807, 2.05) is 56.3 Å². The van der Waals surface area contributed by atoms with Crippen molar-refractivity contribution < 1.29 is 19.1 Å². The molecule has 3 rings (SSSR count). The maximum atomic E-state index is 12.3. The molecule has 0 saturated carbocycles. The fraction of sp³-hybridized carbons (Fsp3) is 0.167. The second-order valence-corrected chi connectivity index (χ2v) is 6.63. The van der Waals surface area contributed by atoms with Crippen molar-refractivity contribution in [2.24, 2.45) is 0 Å². The first kappa shape index (κ1) is 19.4. The lowest BCUT2D eigenvalue weighted by Crippen LogP contribution is -2.14. The molecule has 4 nitrogen and oxygen atoms in total. The summed E-state index contributed by atoms with van der Waals surface area (Å²) in [6.45, 7) is 3.56. The van der Waals surface area contributed by atoms with Crippen molar-refractivity contribution in [1.29, 1.82) is 0 Å². The Bertz CT molecular complexity index is 927. The van der Waals surface area contributed by atoms with Crippen molar-refractivity contribution in [3.63, 3.8) is 0 Å². The smallest absolute Gasteiger partial charge is 0.338 e. The predicted octanol–water partition coefficient (Wildman–Crippen LogP) is 5.18. The Morgan fingerprint density at radius 1 is 0.750 bits per heavy atom. The van der Waals surface area contributed by atoms with Gasteiger partial charge in [0.15, 0.2) is 12.4 Å². The average molecular weight is 374 g/mol. The zero-order chi connectivity index (χ0) is 19.9. The van der Waals surface area contributed by atoms with Crippen molar-refractivity contribution >= 4 is 11.8 Å². The number of Topliss-reactive ketones (excluding diaryl/α,β-unsaturated/α-hetero) is 1. The van der Waals surface area contributed by atoms with Crippen LogP contribution in [0.2, 0.25) is 0 Å². The molecule has 0 saturated heterocycles. The van der Waals surface area contributed by atoms with Crippen LogP contribution >= 0.6 is 0 Å². The van der Waals surface area contributed by atoms with E-state index in [1.54, 1.807) is 36.4 Å². The highest BCUT2D eigenvalue weighted by molar-refractivity contribution is 5.99. The zero-order valence-corrected chi connectivity index (χ0v) is 15.9. The Labute approximate surface area is 164 Å². The fourth-order valence-electron chi connectivity index (χ4n) is 2.72. The minimum atomic E-state index is -0.537. The number of benzene rings is 3. The number of carbonyl (C=O) groups is 2. The third kappa shape index (κ3) is 5.07. The summed E-state index contributed by atoms with van der Waals surface area (Å²) in [5.74, 6) is -0.0980. The summed E-state index contributed by atoms with van der Waals surface area (Å²) in [7, 11) is 0. The number of hydrogen-bond acceptors (Lipinski definition) is 4. The second kappa shape index (κ2) is 9.00. The lowest BCUT2D eigenvalue weighted by Gasteiger charge is -2.10. The number of ketones is 1. The Morgan fingerprint density at radius 3 is 1.93 bits per heavy atom. The molecule has 0 N–H and O–H groups in total. The van der Waals surface area contributed by atoms with Gasteiger partial charge in [-0.3, -0.25) is 4.79 Å². The van der Waals surface area contributed by atoms with Crippen LogP contribution < -0.4 is 4.74 Å². The lowest BCUT2D eigenvalue weighted by molar-refractivity contribution is 0.0474. The van der Waals surface area contributed by atoms with Crippen LogP contribution in [-0.4, -0.2) is 24.5 Å². The summed E-state index contributed by atoms with van der Waals surface area (Å²) in [4.78, 5) is 24.4. The fourth-order valence-corrected chi connectivity index (χ4v) is 2.72. The quantitative estimate of drug-likeness (QED) is 0.422. The summed E-state index contributed by atoms with van der Waals surface area (Å²) in [5, 5.41) is 0. The maximum absolute atomic E-state index is 12.3. The van der Waals surface area contributed by atoms with Crippen LogP contribution in [0.3, 0.4) is 0 Å². The molecule has 0 aliphatic carbocycles. The third-order valence-corrected chi connectivity index (χ3v) is 4.11. The van der Waals surface area contributed by atoms with Gasteiger partial charge in [0.2, 0.25) is 0 Å². The minimum absolute atomic E-state index is 0.0590. The Balaban J connectivity index is 1.57. The Kier molecular flexibility index (Phi) is 6.22. The van der Waals surface area contributed by atoms with Crippen molar-refractivity contribution in [1.82, 2.24) is 0 Å². The normalized spacial score (nSPS) is 10.5. The number of rotatable bonds is 7. The Hall–Kier alpha value is -3.40. The molecule has 0 heterocycles. The summed E-state index contributed by atoms with van der Waals surface area (Å²) >= 11 is 0. The highest BCUT2D eigenvalue weighted by Crippen LogP contribution is 2.19. The molecular weight excluding hydrogens is 352 g/mol. The van der Waals surface area contributed by atoms with Crippen LogP contribution in [0, 0.1) is 0 Å². The van der Waals surface area contributed by atoms with Gasteiger partial charge in [0, 0.05) is 5.56 Å². The van der Waals surface area contributed by atoms with Crippen molar-refractivity contribution in [2.75, 3.05) is 6.61 Å². The maximum Gasteiger partial charge on any atom is 0.338 e. The molecule has 0 amide bonds. The molecular formula is C24H22O4. The van der Waals surface area contributed by atoms with E-state index in [-0.39, 0.29) is 18.5 Å². The van der Waals surface area contributed by atoms with Crippen LogP contribution in [0.25, 0.3) is 11.1 Å². The first-order valence-electron chi connectivity index (χ1n) is 9.15. The topological polar surface area (TPSA) is 52.6 Å². The molecule has 3 aromatic carbocycles. The molecule has 0 bridgehead atoms. The van der Waals surface area contributed by atoms with Gasteiger partial charge in [0.1, 0.15) is 5.75 Å². The first-order chi connectivity index (χ1) is 13.5.